The minimum Gasteiger partial charge on any atom is -0.452 e. The second-order valence-corrected chi connectivity index (χ2v) is 11.6. The zero-order valence-corrected chi connectivity index (χ0v) is 25.9. The van der Waals surface area contributed by atoms with E-state index >= 15 is 0 Å². The van der Waals surface area contributed by atoms with Crippen LogP contribution in [0.1, 0.15) is 47.8 Å². The predicted octanol–water partition coefficient (Wildman–Crippen LogP) is 7.11. The van der Waals surface area contributed by atoms with Gasteiger partial charge in [-0.2, -0.15) is 0 Å². The van der Waals surface area contributed by atoms with Gasteiger partial charge in [0, 0.05) is 5.39 Å². The third-order valence-electron chi connectivity index (χ3n) is 7.57. The number of amides is 3. The Morgan fingerprint density at radius 3 is 2.38 bits per heavy atom. The van der Waals surface area contributed by atoms with Crippen LogP contribution in [-0.4, -0.2) is 40.4 Å². The number of aromatic nitrogens is 1. The molecule has 0 unspecified atom stereocenters. The highest BCUT2D eigenvalue weighted by Crippen LogP contribution is 2.34. The minimum atomic E-state index is -0.689. The van der Waals surface area contributed by atoms with E-state index in [0.717, 1.165) is 21.8 Å². The fraction of sp³-hybridized carbons (Fsp3) is 0.143. The van der Waals surface area contributed by atoms with E-state index in [1.165, 1.54) is 12.3 Å². The van der Waals surface area contributed by atoms with Crippen LogP contribution in [0.25, 0.3) is 10.9 Å². The fourth-order valence-electron chi connectivity index (χ4n) is 5.31. The van der Waals surface area contributed by atoms with E-state index in [9.17, 15) is 18.8 Å². The Morgan fingerprint density at radius 1 is 0.933 bits per heavy atom. The molecule has 1 aromatic heterocycles. The topological polar surface area (TPSA) is 97.8 Å². The lowest BCUT2D eigenvalue weighted by molar-refractivity contribution is -0.0968. The SMILES string of the molecule is Cc1ccc(C[C@H](CON2C(=O)c3ccccc3C2=O)NC(=O)c2c(Oc3cccc(Br)c3F)cnc3ccccc23)c(C)c1. The second-order valence-electron chi connectivity index (χ2n) is 10.7. The maximum atomic E-state index is 14.9. The van der Waals surface area contributed by atoms with Crippen LogP contribution in [0.2, 0.25) is 0 Å². The zero-order valence-electron chi connectivity index (χ0n) is 24.3. The van der Waals surface area contributed by atoms with Crippen LogP contribution in [0.3, 0.4) is 0 Å². The molecule has 0 saturated carbocycles. The number of hydroxylamine groups is 2. The summed E-state index contributed by atoms with van der Waals surface area (Å²) in [6.07, 6.45) is 1.71. The van der Waals surface area contributed by atoms with Crippen molar-refractivity contribution in [3.05, 3.63) is 135 Å². The molecule has 45 heavy (non-hydrogen) atoms. The molecule has 1 N–H and O–H groups in total. The number of nitrogens with one attached hydrogen (secondary N) is 1. The average molecular weight is 669 g/mol. The summed E-state index contributed by atoms with van der Waals surface area (Å²) in [5, 5.41) is 4.25. The highest BCUT2D eigenvalue weighted by Gasteiger charge is 2.37. The first-order valence-corrected chi connectivity index (χ1v) is 15.0. The maximum absolute atomic E-state index is 14.9. The number of rotatable bonds is 9. The number of ether oxygens (including phenoxy) is 1. The van der Waals surface area contributed by atoms with Crippen molar-refractivity contribution >= 4 is 44.6 Å². The number of benzene rings is 4. The number of aryl methyl sites for hydroxylation is 2. The van der Waals surface area contributed by atoms with E-state index in [-0.39, 0.29) is 39.3 Å². The first-order chi connectivity index (χ1) is 21.7. The van der Waals surface area contributed by atoms with E-state index in [4.69, 9.17) is 9.57 Å². The van der Waals surface area contributed by atoms with Crippen molar-refractivity contribution in [2.24, 2.45) is 0 Å². The van der Waals surface area contributed by atoms with Crippen molar-refractivity contribution in [3.63, 3.8) is 0 Å². The number of carbonyl (C=O) groups is 3. The molecule has 1 aliphatic rings. The van der Waals surface area contributed by atoms with Gasteiger partial charge < -0.3 is 10.1 Å². The summed E-state index contributed by atoms with van der Waals surface area (Å²) in [7, 11) is 0. The first-order valence-electron chi connectivity index (χ1n) is 14.2. The number of para-hydroxylation sites is 1. The van der Waals surface area contributed by atoms with Gasteiger partial charge in [-0.25, -0.2) is 4.39 Å². The Kier molecular flexibility index (Phi) is 8.42. The summed E-state index contributed by atoms with van der Waals surface area (Å²) in [6.45, 7) is 3.77. The van der Waals surface area contributed by atoms with Crippen LogP contribution < -0.4 is 10.1 Å². The Labute approximate surface area is 266 Å². The minimum absolute atomic E-state index is 0.0507. The number of carbonyl (C=O) groups excluding carboxylic acids is 3. The lowest BCUT2D eigenvalue weighted by atomic mass is 9.99. The van der Waals surface area contributed by atoms with E-state index in [0.29, 0.717) is 17.3 Å². The van der Waals surface area contributed by atoms with E-state index in [1.54, 1.807) is 60.7 Å². The molecule has 8 nitrogen and oxygen atoms in total. The highest BCUT2D eigenvalue weighted by atomic mass is 79.9. The normalized spacial score (nSPS) is 13.2. The van der Waals surface area contributed by atoms with Crippen LogP contribution in [0, 0.1) is 19.7 Å². The van der Waals surface area contributed by atoms with Crippen molar-refractivity contribution in [1.29, 1.82) is 0 Å². The molecule has 0 fully saturated rings. The quantitative estimate of drug-likeness (QED) is 0.168. The fourth-order valence-corrected chi connectivity index (χ4v) is 5.66. The molecule has 10 heteroatoms. The molecule has 3 amide bonds. The van der Waals surface area contributed by atoms with Gasteiger partial charge in [-0.3, -0.25) is 24.2 Å². The molecule has 1 aliphatic heterocycles. The third kappa shape index (κ3) is 6.07. The monoisotopic (exact) mass is 667 g/mol. The molecule has 1 atom stereocenters. The van der Waals surface area contributed by atoms with Gasteiger partial charge in [0.25, 0.3) is 17.7 Å². The van der Waals surface area contributed by atoms with E-state index in [2.05, 4.69) is 26.2 Å². The molecule has 0 aliphatic carbocycles. The molecule has 0 radical (unpaired) electrons. The lowest BCUT2D eigenvalue weighted by Gasteiger charge is -2.23. The second kappa shape index (κ2) is 12.6. The Morgan fingerprint density at radius 2 is 1.64 bits per heavy atom. The maximum Gasteiger partial charge on any atom is 0.285 e. The van der Waals surface area contributed by atoms with Crippen molar-refractivity contribution < 1.29 is 28.3 Å². The van der Waals surface area contributed by atoms with Gasteiger partial charge >= 0.3 is 0 Å². The molecule has 6 rings (SSSR count). The van der Waals surface area contributed by atoms with Crippen molar-refractivity contribution in [1.82, 2.24) is 15.4 Å². The number of fused-ring (bicyclic) bond motifs is 2. The molecule has 0 saturated heterocycles. The van der Waals surface area contributed by atoms with Crippen LogP contribution >= 0.6 is 15.9 Å². The number of hydrogen-bond acceptors (Lipinski definition) is 6. The van der Waals surface area contributed by atoms with Gasteiger partial charge in [0.15, 0.2) is 17.3 Å². The summed E-state index contributed by atoms with van der Waals surface area (Å²) in [4.78, 5) is 50.3. The Hall–Kier alpha value is -4.93. The smallest absolute Gasteiger partial charge is 0.285 e. The summed E-state index contributed by atoms with van der Waals surface area (Å²) in [6, 6.07) is 23.4. The molecule has 0 bridgehead atoms. The number of halogens is 2. The van der Waals surface area contributed by atoms with E-state index in [1.807, 2.05) is 32.0 Å². The number of nitrogens with zero attached hydrogens (tertiary/aromatic N) is 2. The van der Waals surface area contributed by atoms with Gasteiger partial charge in [0.1, 0.15) is 0 Å². The summed E-state index contributed by atoms with van der Waals surface area (Å²) in [5.41, 5.74) is 4.24. The van der Waals surface area contributed by atoms with Crippen LogP contribution in [-0.2, 0) is 11.3 Å². The average Bonchev–Trinajstić information content (AvgIpc) is 3.27. The standard InChI is InChI=1S/C35H27BrFN3O5/c1-20-14-15-22(21(2)16-20)17-23(19-44-40-34(42)24-8-3-4-9-25(24)35(40)43)39-33(41)31-26-10-5-6-12-28(26)38-18-30(31)45-29-13-7-11-27(36)32(29)37/h3-16,18,23H,17,19H2,1-2H3,(H,39,41)/t23-/m1/s1. The Bertz CT molecular complexity index is 1950. The third-order valence-corrected chi connectivity index (χ3v) is 8.18. The summed E-state index contributed by atoms with van der Waals surface area (Å²) in [5.74, 6) is -2.33. The summed E-state index contributed by atoms with van der Waals surface area (Å²) >= 11 is 3.17. The molecule has 226 valence electrons. The van der Waals surface area contributed by atoms with Gasteiger partial charge in [-0.05, 0) is 77.7 Å². The van der Waals surface area contributed by atoms with Crippen LogP contribution in [0.15, 0.2) is 95.6 Å². The molecule has 0 spiro atoms. The molecule has 5 aromatic rings. The summed E-state index contributed by atoms with van der Waals surface area (Å²) < 4.78 is 21.0. The van der Waals surface area contributed by atoms with Crippen molar-refractivity contribution in [2.75, 3.05) is 6.61 Å². The molecule has 4 aromatic carbocycles. The van der Waals surface area contributed by atoms with Gasteiger partial charge in [-0.1, -0.05) is 60.2 Å². The lowest BCUT2D eigenvalue weighted by Crippen LogP contribution is -2.43. The number of imide groups is 1. The van der Waals surface area contributed by atoms with Crippen LogP contribution in [0.5, 0.6) is 11.5 Å². The zero-order chi connectivity index (χ0) is 31.7. The van der Waals surface area contributed by atoms with E-state index < -0.39 is 29.6 Å². The molecular formula is C35H27BrFN3O5. The highest BCUT2D eigenvalue weighted by molar-refractivity contribution is 9.10. The van der Waals surface area contributed by atoms with Gasteiger partial charge in [0.2, 0.25) is 0 Å². The van der Waals surface area contributed by atoms with Crippen LogP contribution in [0.4, 0.5) is 4.39 Å². The van der Waals surface area contributed by atoms with Crippen molar-refractivity contribution in [2.45, 2.75) is 26.3 Å². The largest absolute Gasteiger partial charge is 0.452 e. The van der Waals surface area contributed by atoms with Crippen molar-refractivity contribution in [3.8, 4) is 11.5 Å². The van der Waals surface area contributed by atoms with Gasteiger partial charge in [0.05, 0.1) is 45.5 Å². The number of hydrogen-bond donors (Lipinski definition) is 1. The predicted molar refractivity (Wildman–Crippen MR) is 170 cm³/mol. The molecular weight excluding hydrogens is 641 g/mol. The Balaban J connectivity index is 1.33. The number of pyridine rings is 1. The van der Waals surface area contributed by atoms with Gasteiger partial charge in [-0.15, -0.1) is 5.06 Å². The first kappa shape index (κ1) is 30.1. The molecule has 2 heterocycles.